The molecule has 0 N–H and O–H groups in total. The van der Waals surface area contributed by atoms with Crippen LogP contribution in [-0.2, 0) is 19.6 Å². The van der Waals surface area contributed by atoms with Crippen molar-refractivity contribution in [2.45, 2.75) is 11.8 Å². The van der Waals surface area contributed by atoms with Gasteiger partial charge in [-0.15, -0.1) is 0 Å². The molecular weight excluding hydrogens is 402 g/mol. The predicted molar refractivity (Wildman–Crippen MR) is 117 cm³/mol. The van der Waals surface area contributed by atoms with E-state index in [0.29, 0.717) is 18.0 Å². The molecule has 0 radical (unpaired) electrons. The third-order valence-corrected chi connectivity index (χ3v) is 6.15. The van der Waals surface area contributed by atoms with Crippen molar-refractivity contribution in [3.63, 3.8) is 0 Å². The van der Waals surface area contributed by atoms with Gasteiger partial charge in [0.15, 0.2) is 0 Å². The van der Waals surface area contributed by atoms with Crippen molar-refractivity contribution in [3.8, 4) is 5.75 Å². The molecule has 30 heavy (non-hydrogen) atoms. The van der Waals surface area contributed by atoms with Crippen LogP contribution in [0.25, 0.3) is 10.8 Å². The van der Waals surface area contributed by atoms with Crippen molar-refractivity contribution in [3.05, 3.63) is 79.4 Å². The van der Waals surface area contributed by atoms with Gasteiger partial charge in [-0.3, -0.25) is 9.10 Å². The first-order valence-corrected chi connectivity index (χ1v) is 10.9. The maximum atomic E-state index is 13.4. The second-order valence-electron chi connectivity index (χ2n) is 6.42. The molecule has 7 heteroatoms. The number of esters is 1. The van der Waals surface area contributed by atoms with Crippen LogP contribution >= 0.6 is 0 Å². The van der Waals surface area contributed by atoms with Crippen LogP contribution < -0.4 is 9.04 Å². The maximum absolute atomic E-state index is 13.4. The summed E-state index contributed by atoms with van der Waals surface area (Å²) in [6.07, 6.45) is 1.62. The molecule has 0 spiro atoms. The molecule has 0 aliphatic rings. The van der Waals surface area contributed by atoms with Gasteiger partial charge in [0, 0.05) is 0 Å². The molecule has 0 aliphatic carbocycles. The van der Waals surface area contributed by atoms with Gasteiger partial charge in [0.1, 0.15) is 18.9 Å². The molecule has 0 atom stereocenters. The summed E-state index contributed by atoms with van der Waals surface area (Å²) in [5.41, 5.74) is 0.335. The van der Waals surface area contributed by atoms with Gasteiger partial charge in [0.25, 0.3) is 10.0 Å². The van der Waals surface area contributed by atoms with Crippen molar-refractivity contribution in [2.75, 3.05) is 24.1 Å². The first-order valence-electron chi connectivity index (χ1n) is 9.46. The van der Waals surface area contributed by atoms with E-state index in [1.54, 1.807) is 49.4 Å². The number of hydrogen-bond donors (Lipinski definition) is 0. The Hall–Kier alpha value is -3.32. The molecule has 0 amide bonds. The van der Waals surface area contributed by atoms with E-state index in [0.717, 1.165) is 15.1 Å². The smallest absolute Gasteiger partial charge is 0.326 e. The first kappa shape index (κ1) is 21.4. The van der Waals surface area contributed by atoms with Crippen LogP contribution in [0.3, 0.4) is 0 Å². The molecule has 0 heterocycles. The van der Waals surface area contributed by atoms with Gasteiger partial charge in [-0.1, -0.05) is 43.0 Å². The normalized spacial score (nSPS) is 11.1. The largest absolute Gasteiger partial charge is 0.490 e. The van der Waals surface area contributed by atoms with Crippen LogP contribution in [0.5, 0.6) is 5.75 Å². The summed E-state index contributed by atoms with van der Waals surface area (Å²) >= 11 is 0. The van der Waals surface area contributed by atoms with Crippen molar-refractivity contribution in [2.24, 2.45) is 0 Å². The Morgan fingerprint density at radius 2 is 1.73 bits per heavy atom. The Morgan fingerprint density at radius 1 is 1.03 bits per heavy atom. The fourth-order valence-corrected chi connectivity index (χ4v) is 4.40. The number of anilines is 1. The topological polar surface area (TPSA) is 72.9 Å². The number of carbonyl (C=O) groups is 1. The van der Waals surface area contributed by atoms with Crippen LogP contribution in [0.4, 0.5) is 5.69 Å². The average molecular weight is 426 g/mol. The molecule has 3 aromatic carbocycles. The predicted octanol–water partition coefficient (Wildman–Crippen LogP) is 4.16. The highest BCUT2D eigenvalue weighted by Gasteiger charge is 2.28. The molecule has 3 aromatic rings. The summed E-state index contributed by atoms with van der Waals surface area (Å²) < 4.78 is 38.4. The minimum Gasteiger partial charge on any atom is -0.490 e. The number of rotatable bonds is 9. The highest BCUT2D eigenvalue weighted by molar-refractivity contribution is 7.92. The van der Waals surface area contributed by atoms with Gasteiger partial charge in [-0.2, -0.15) is 0 Å². The molecule has 0 aliphatic heterocycles. The Bertz CT molecular complexity index is 1140. The first-order chi connectivity index (χ1) is 14.5. The van der Waals surface area contributed by atoms with Gasteiger partial charge in [-0.25, -0.2) is 8.42 Å². The number of nitrogens with zero attached hydrogens (tertiary/aromatic N) is 1. The van der Waals surface area contributed by atoms with Gasteiger partial charge in [-0.05, 0) is 54.1 Å². The van der Waals surface area contributed by atoms with Crippen LogP contribution in [0, 0.1) is 0 Å². The third kappa shape index (κ3) is 4.80. The van der Waals surface area contributed by atoms with E-state index in [2.05, 4.69) is 6.58 Å². The molecule has 3 rings (SSSR count). The number of carbonyl (C=O) groups excluding carboxylic acids is 1. The quantitative estimate of drug-likeness (QED) is 0.380. The standard InChI is InChI=1S/C23H23NO5S/c1-3-15-29-21-12-10-20(11-13-21)24(17-23(25)28-4-2)30(26,27)22-14-9-18-7-5-6-8-19(18)16-22/h3,5-14,16H,1,4,15,17H2,2H3. The van der Waals surface area contributed by atoms with Crippen LogP contribution in [0.15, 0.2) is 84.3 Å². The Morgan fingerprint density at radius 3 is 2.40 bits per heavy atom. The number of ether oxygens (including phenoxy) is 2. The van der Waals surface area contributed by atoms with E-state index in [-0.39, 0.29) is 11.5 Å². The highest BCUT2D eigenvalue weighted by atomic mass is 32.2. The molecule has 0 aromatic heterocycles. The summed E-state index contributed by atoms with van der Waals surface area (Å²) in [6.45, 7) is 5.33. The molecule has 0 fully saturated rings. The number of hydrogen-bond acceptors (Lipinski definition) is 5. The van der Waals surface area contributed by atoms with E-state index >= 15 is 0 Å². The Kier molecular flexibility index (Phi) is 6.74. The summed E-state index contributed by atoms with van der Waals surface area (Å²) in [5.74, 6) is -0.0633. The fourth-order valence-electron chi connectivity index (χ4n) is 2.96. The zero-order chi connectivity index (χ0) is 21.6. The SMILES string of the molecule is C=CCOc1ccc(N(CC(=O)OCC)S(=O)(=O)c2ccc3ccccc3c2)cc1. The highest BCUT2D eigenvalue weighted by Crippen LogP contribution is 2.28. The van der Waals surface area contributed by atoms with Crippen LogP contribution in [-0.4, -0.2) is 34.1 Å². The number of fused-ring (bicyclic) bond motifs is 1. The molecule has 0 bridgehead atoms. The maximum Gasteiger partial charge on any atom is 0.326 e. The summed E-state index contributed by atoms with van der Waals surface area (Å²) in [7, 11) is -4.01. The van der Waals surface area contributed by atoms with Gasteiger partial charge in [0.2, 0.25) is 0 Å². The van der Waals surface area contributed by atoms with Crippen LogP contribution in [0.1, 0.15) is 6.92 Å². The van der Waals surface area contributed by atoms with Crippen molar-refractivity contribution >= 4 is 32.5 Å². The fraction of sp³-hybridized carbons (Fsp3) is 0.174. The van der Waals surface area contributed by atoms with E-state index in [4.69, 9.17) is 9.47 Å². The number of sulfonamides is 1. The second-order valence-corrected chi connectivity index (χ2v) is 8.28. The molecule has 6 nitrogen and oxygen atoms in total. The van der Waals surface area contributed by atoms with E-state index in [1.807, 2.05) is 24.3 Å². The molecule has 0 saturated heterocycles. The average Bonchev–Trinajstić information content (AvgIpc) is 2.76. The summed E-state index contributed by atoms with van der Waals surface area (Å²) in [4.78, 5) is 12.3. The van der Waals surface area contributed by atoms with E-state index in [1.165, 1.54) is 6.07 Å². The minimum absolute atomic E-state index is 0.0949. The zero-order valence-corrected chi connectivity index (χ0v) is 17.5. The van der Waals surface area contributed by atoms with Crippen LogP contribution in [0.2, 0.25) is 0 Å². The number of benzene rings is 3. The monoisotopic (exact) mass is 425 g/mol. The van der Waals surface area contributed by atoms with Crippen molar-refractivity contribution in [1.82, 2.24) is 0 Å². The lowest BCUT2D eigenvalue weighted by Gasteiger charge is -2.24. The lowest BCUT2D eigenvalue weighted by Crippen LogP contribution is -2.36. The lowest BCUT2D eigenvalue weighted by molar-refractivity contribution is -0.141. The lowest BCUT2D eigenvalue weighted by atomic mass is 10.1. The Balaban J connectivity index is 2.01. The van der Waals surface area contributed by atoms with Gasteiger partial charge < -0.3 is 9.47 Å². The Labute approximate surface area is 176 Å². The molecule has 0 unspecified atom stereocenters. The molecule has 156 valence electrons. The molecule has 0 saturated carbocycles. The van der Waals surface area contributed by atoms with E-state index in [9.17, 15) is 13.2 Å². The van der Waals surface area contributed by atoms with Gasteiger partial charge >= 0.3 is 5.97 Å². The molecular formula is C23H23NO5S. The van der Waals surface area contributed by atoms with Gasteiger partial charge in [0.05, 0.1) is 17.2 Å². The summed E-state index contributed by atoms with van der Waals surface area (Å²) in [6, 6.07) is 18.8. The third-order valence-electron chi connectivity index (χ3n) is 4.38. The minimum atomic E-state index is -4.01. The van der Waals surface area contributed by atoms with E-state index < -0.39 is 22.5 Å². The second kappa shape index (κ2) is 9.45. The van der Waals surface area contributed by atoms with Crippen molar-refractivity contribution in [1.29, 1.82) is 0 Å². The van der Waals surface area contributed by atoms with Crippen molar-refractivity contribution < 1.29 is 22.7 Å². The summed E-state index contributed by atoms with van der Waals surface area (Å²) in [5, 5.41) is 1.72. The zero-order valence-electron chi connectivity index (χ0n) is 16.7.